The van der Waals surface area contributed by atoms with E-state index < -0.39 is 12.7 Å². The molecule has 0 spiro atoms. The van der Waals surface area contributed by atoms with Crippen LogP contribution in [-0.4, -0.2) is 24.7 Å². The van der Waals surface area contributed by atoms with Crippen molar-refractivity contribution in [2.24, 2.45) is 10.7 Å². The lowest BCUT2D eigenvalue weighted by Gasteiger charge is -2.12. The summed E-state index contributed by atoms with van der Waals surface area (Å²) in [4.78, 5) is 4.20. The third-order valence-electron chi connectivity index (χ3n) is 3.97. The van der Waals surface area contributed by atoms with Crippen molar-refractivity contribution in [2.45, 2.75) is 31.1 Å². The van der Waals surface area contributed by atoms with Crippen molar-refractivity contribution < 1.29 is 35.8 Å². The van der Waals surface area contributed by atoms with Crippen LogP contribution in [0.2, 0.25) is 0 Å². The lowest BCUT2D eigenvalue weighted by Crippen LogP contribution is -2.23. The Morgan fingerprint density at radius 2 is 1.53 bits per heavy atom. The number of guanidine groups is 1. The molecule has 2 aromatic rings. The smallest absolute Gasteiger partial charge is 0.406 e. The molecule has 0 bridgehead atoms. The minimum atomic E-state index is -4.80. The zero-order valence-corrected chi connectivity index (χ0v) is 17.3. The van der Waals surface area contributed by atoms with Gasteiger partial charge in [0.25, 0.3) is 0 Å². The number of ether oxygens (including phenoxy) is 2. The van der Waals surface area contributed by atoms with Gasteiger partial charge < -0.3 is 20.5 Å². The summed E-state index contributed by atoms with van der Waals surface area (Å²) in [7, 11) is 0. The molecule has 0 radical (unpaired) electrons. The van der Waals surface area contributed by atoms with Gasteiger partial charge >= 0.3 is 12.7 Å². The Kier molecular flexibility index (Phi) is 7.31. The van der Waals surface area contributed by atoms with Crippen LogP contribution in [0.5, 0.6) is 11.5 Å². The minimum Gasteiger partial charge on any atom is -0.406 e. The lowest BCUT2D eigenvalue weighted by atomic mass is 10.1. The molecule has 2 atom stereocenters. The lowest BCUT2D eigenvalue weighted by molar-refractivity contribution is -0.275. The summed E-state index contributed by atoms with van der Waals surface area (Å²) in [6.07, 6.45) is -9.10. The zero-order valence-electron chi connectivity index (χ0n) is 15.0. The van der Waals surface area contributed by atoms with Crippen LogP contribution in [0.1, 0.15) is 17.9 Å². The highest BCUT2D eigenvalue weighted by Crippen LogP contribution is 2.47. The standard InChI is InChI=1S/C18H15F6N3O2.HI/c19-17(20,21)28-11-7-5-10(6-8-11)26-16(25)27-14-9-13(14)12-3-1-2-4-15(12)29-18(22,23)24;/h1-8,13-14H,9H2,(H3,25,26,27);1H. The molecule has 0 heterocycles. The van der Waals surface area contributed by atoms with Gasteiger partial charge in [-0.2, -0.15) is 0 Å². The maximum Gasteiger partial charge on any atom is 0.573 e. The number of halogens is 7. The first-order valence-corrected chi connectivity index (χ1v) is 8.31. The van der Waals surface area contributed by atoms with E-state index in [9.17, 15) is 26.3 Å². The fraction of sp³-hybridized carbons (Fsp3) is 0.278. The van der Waals surface area contributed by atoms with E-state index in [4.69, 9.17) is 5.73 Å². The number of benzene rings is 2. The molecule has 0 aromatic heterocycles. The van der Waals surface area contributed by atoms with Gasteiger partial charge in [-0.15, -0.1) is 50.3 Å². The second kappa shape index (κ2) is 9.18. The molecule has 1 fully saturated rings. The molecule has 1 saturated carbocycles. The van der Waals surface area contributed by atoms with Gasteiger partial charge in [-0.1, -0.05) is 18.2 Å². The summed E-state index contributed by atoms with van der Waals surface area (Å²) < 4.78 is 81.8. The molecule has 3 rings (SSSR count). The Morgan fingerprint density at radius 3 is 2.13 bits per heavy atom. The number of nitrogens with one attached hydrogen (secondary N) is 1. The first-order valence-electron chi connectivity index (χ1n) is 8.31. The van der Waals surface area contributed by atoms with Crippen LogP contribution < -0.4 is 20.5 Å². The first kappa shape index (κ1) is 23.9. The first-order chi connectivity index (χ1) is 13.5. The summed E-state index contributed by atoms with van der Waals surface area (Å²) in [5.41, 5.74) is 6.53. The number of hydrogen-bond donors (Lipinski definition) is 2. The highest BCUT2D eigenvalue weighted by molar-refractivity contribution is 14.0. The Morgan fingerprint density at radius 1 is 0.933 bits per heavy atom. The van der Waals surface area contributed by atoms with Crippen molar-refractivity contribution in [2.75, 3.05) is 5.32 Å². The number of hydrogen-bond acceptors (Lipinski definition) is 3. The van der Waals surface area contributed by atoms with Crippen molar-refractivity contribution >= 4 is 35.6 Å². The fourth-order valence-electron chi connectivity index (χ4n) is 2.76. The summed E-state index contributed by atoms with van der Waals surface area (Å²) in [6, 6.07) is 10.3. The second-order valence-corrected chi connectivity index (χ2v) is 6.21. The minimum absolute atomic E-state index is 0. The normalized spacial score (nSPS) is 18.9. The molecular formula is C18H16F6IN3O2. The summed E-state index contributed by atoms with van der Waals surface area (Å²) in [5.74, 6) is -0.968. The fourth-order valence-corrected chi connectivity index (χ4v) is 2.76. The highest BCUT2D eigenvalue weighted by Gasteiger charge is 2.42. The van der Waals surface area contributed by atoms with Crippen molar-refractivity contribution in [3.05, 3.63) is 54.1 Å². The molecule has 30 heavy (non-hydrogen) atoms. The summed E-state index contributed by atoms with van der Waals surface area (Å²) in [5, 5.41) is 2.71. The van der Waals surface area contributed by atoms with Gasteiger partial charge in [0.1, 0.15) is 11.5 Å². The molecule has 0 aliphatic heterocycles. The van der Waals surface area contributed by atoms with E-state index in [1.165, 1.54) is 30.3 Å². The van der Waals surface area contributed by atoms with Crippen LogP contribution in [-0.2, 0) is 0 Å². The average molecular weight is 547 g/mol. The summed E-state index contributed by atoms with van der Waals surface area (Å²) >= 11 is 0. The molecule has 5 nitrogen and oxygen atoms in total. The third kappa shape index (κ3) is 7.15. The van der Waals surface area contributed by atoms with Crippen molar-refractivity contribution in [1.82, 2.24) is 0 Å². The molecule has 0 amide bonds. The van der Waals surface area contributed by atoms with E-state index in [1.54, 1.807) is 6.07 Å². The molecule has 0 saturated heterocycles. The quantitative estimate of drug-likeness (QED) is 0.228. The molecule has 1 aliphatic rings. The van der Waals surface area contributed by atoms with Gasteiger partial charge in [-0.25, -0.2) is 4.99 Å². The third-order valence-corrected chi connectivity index (χ3v) is 3.97. The van der Waals surface area contributed by atoms with Gasteiger partial charge in [0.15, 0.2) is 5.96 Å². The Bertz CT molecular complexity index is 887. The van der Waals surface area contributed by atoms with Crippen LogP contribution >= 0.6 is 24.0 Å². The molecule has 1 aliphatic carbocycles. The van der Waals surface area contributed by atoms with Crippen molar-refractivity contribution in [1.29, 1.82) is 0 Å². The largest absolute Gasteiger partial charge is 0.573 e. The van der Waals surface area contributed by atoms with E-state index in [1.807, 2.05) is 0 Å². The van der Waals surface area contributed by atoms with Crippen LogP contribution in [0, 0.1) is 0 Å². The molecular weight excluding hydrogens is 531 g/mol. The van der Waals surface area contributed by atoms with E-state index in [0.29, 0.717) is 17.7 Å². The number of alkyl halides is 6. The van der Waals surface area contributed by atoms with Crippen LogP contribution in [0.4, 0.5) is 32.0 Å². The molecule has 3 N–H and O–H groups in total. The van der Waals surface area contributed by atoms with Crippen LogP contribution in [0.15, 0.2) is 53.5 Å². The van der Waals surface area contributed by atoms with Crippen LogP contribution in [0.3, 0.4) is 0 Å². The van der Waals surface area contributed by atoms with Crippen molar-refractivity contribution in [3.8, 4) is 11.5 Å². The average Bonchev–Trinajstić information content (AvgIpc) is 3.33. The maximum atomic E-state index is 12.5. The van der Waals surface area contributed by atoms with E-state index >= 15 is 0 Å². The van der Waals surface area contributed by atoms with Gasteiger partial charge in [0, 0.05) is 11.6 Å². The van der Waals surface area contributed by atoms with Gasteiger partial charge in [0.2, 0.25) is 0 Å². The van der Waals surface area contributed by atoms with Gasteiger partial charge in [-0.3, -0.25) is 0 Å². The Labute approximate surface area is 184 Å². The summed E-state index contributed by atoms with van der Waals surface area (Å²) in [6.45, 7) is 0. The van der Waals surface area contributed by atoms with Gasteiger partial charge in [-0.05, 0) is 42.3 Å². The Balaban J connectivity index is 0.00000320. The van der Waals surface area contributed by atoms with E-state index in [2.05, 4.69) is 19.8 Å². The van der Waals surface area contributed by atoms with Crippen LogP contribution in [0.25, 0.3) is 0 Å². The van der Waals surface area contributed by atoms with E-state index in [0.717, 1.165) is 12.1 Å². The second-order valence-electron chi connectivity index (χ2n) is 6.21. The number of aliphatic imine (C=N–C) groups is 1. The number of nitrogens with two attached hydrogens (primary N) is 1. The zero-order chi connectivity index (χ0) is 21.2. The van der Waals surface area contributed by atoms with Crippen molar-refractivity contribution in [3.63, 3.8) is 0 Å². The maximum absolute atomic E-state index is 12.5. The molecule has 12 heteroatoms. The number of anilines is 1. The SMILES string of the molecule is I.NC(=NC1CC1c1ccccc1OC(F)(F)F)Nc1ccc(OC(F)(F)F)cc1. The molecule has 2 aromatic carbocycles. The number of nitrogens with zero attached hydrogens (tertiary/aromatic N) is 1. The predicted octanol–water partition coefficient (Wildman–Crippen LogP) is 5.38. The molecule has 2 unspecified atom stereocenters. The number of para-hydroxylation sites is 1. The molecule has 164 valence electrons. The number of rotatable bonds is 5. The Hall–Kier alpha value is -2.38. The topological polar surface area (TPSA) is 68.9 Å². The monoisotopic (exact) mass is 547 g/mol. The predicted molar refractivity (Wildman–Crippen MR) is 108 cm³/mol. The van der Waals surface area contributed by atoms with Gasteiger partial charge in [0.05, 0.1) is 6.04 Å². The van der Waals surface area contributed by atoms with E-state index in [-0.39, 0.29) is 53.4 Å². The highest BCUT2D eigenvalue weighted by atomic mass is 127.